The normalized spacial score (nSPS) is 18.7. The lowest BCUT2D eigenvalue weighted by atomic mass is 10.1. The van der Waals surface area contributed by atoms with Gasteiger partial charge in [0.05, 0.1) is 0 Å². The van der Waals surface area contributed by atoms with E-state index in [9.17, 15) is 4.39 Å². The molecule has 0 amide bonds. The maximum atomic E-state index is 12.8. The summed E-state index contributed by atoms with van der Waals surface area (Å²) in [4.78, 5) is 0. The quantitative estimate of drug-likeness (QED) is 0.868. The minimum atomic E-state index is -0.218. The van der Waals surface area contributed by atoms with Crippen molar-refractivity contribution in [2.75, 3.05) is 0 Å². The number of halogens is 1. The van der Waals surface area contributed by atoms with E-state index in [1.165, 1.54) is 12.1 Å². The lowest BCUT2D eigenvalue weighted by molar-refractivity contribution is 0.445. The molecule has 94 valence electrons. The number of nitrogens with zero attached hydrogens (tertiary/aromatic N) is 3. The number of nitrogens with two attached hydrogens (primary N) is 1. The molecule has 1 aromatic carbocycles. The smallest absolute Gasteiger partial charge is 0.137 e. The van der Waals surface area contributed by atoms with E-state index < -0.39 is 0 Å². The van der Waals surface area contributed by atoms with Crippen molar-refractivity contribution < 1.29 is 4.39 Å². The monoisotopic (exact) mass is 246 g/mol. The van der Waals surface area contributed by atoms with Crippen molar-refractivity contribution in [3.63, 3.8) is 0 Å². The van der Waals surface area contributed by atoms with Crippen LogP contribution in [0, 0.1) is 5.82 Å². The molecule has 0 aliphatic carbocycles. The molecule has 1 atom stereocenters. The Morgan fingerprint density at radius 2 is 2.06 bits per heavy atom. The van der Waals surface area contributed by atoms with Crippen LogP contribution >= 0.6 is 0 Å². The van der Waals surface area contributed by atoms with Crippen LogP contribution in [-0.4, -0.2) is 20.8 Å². The van der Waals surface area contributed by atoms with E-state index in [0.29, 0.717) is 6.42 Å². The van der Waals surface area contributed by atoms with E-state index in [1.54, 1.807) is 12.1 Å². The number of fused-ring (bicyclic) bond motifs is 1. The van der Waals surface area contributed by atoms with Crippen molar-refractivity contribution in [1.82, 2.24) is 14.8 Å². The minimum Gasteiger partial charge on any atom is -0.326 e. The molecule has 18 heavy (non-hydrogen) atoms. The van der Waals surface area contributed by atoms with Crippen molar-refractivity contribution in [3.05, 3.63) is 47.3 Å². The predicted octanol–water partition coefficient (Wildman–Crippen LogP) is 1.28. The highest BCUT2D eigenvalue weighted by Crippen LogP contribution is 2.16. The van der Waals surface area contributed by atoms with Crippen LogP contribution in [0.5, 0.6) is 0 Å². The predicted molar refractivity (Wildman–Crippen MR) is 65.5 cm³/mol. The number of rotatable bonds is 2. The highest BCUT2D eigenvalue weighted by molar-refractivity contribution is 5.20. The minimum absolute atomic E-state index is 0.181. The largest absolute Gasteiger partial charge is 0.326 e. The number of aryl methyl sites for hydroxylation is 1. The first-order valence-electron chi connectivity index (χ1n) is 6.13. The molecule has 5 heteroatoms. The molecule has 0 saturated heterocycles. The van der Waals surface area contributed by atoms with Gasteiger partial charge in [-0.15, -0.1) is 10.2 Å². The highest BCUT2D eigenvalue weighted by Gasteiger charge is 2.20. The number of hydrogen-bond donors (Lipinski definition) is 1. The first-order valence-corrected chi connectivity index (χ1v) is 6.13. The maximum absolute atomic E-state index is 12.8. The maximum Gasteiger partial charge on any atom is 0.137 e. The van der Waals surface area contributed by atoms with Gasteiger partial charge < -0.3 is 10.3 Å². The molecule has 4 nitrogen and oxygen atoms in total. The van der Waals surface area contributed by atoms with E-state index in [1.807, 2.05) is 0 Å². The van der Waals surface area contributed by atoms with Crippen LogP contribution in [0.2, 0.25) is 0 Å². The number of hydrogen-bond acceptors (Lipinski definition) is 3. The molecule has 2 N–H and O–H groups in total. The molecule has 2 heterocycles. The standard InChI is InChI=1S/C13H15FN4/c14-10-3-1-9(2-4-10)7-13-17-16-12-6-5-11(15)8-18(12)13/h1-4,11H,5-8,15H2. The fourth-order valence-corrected chi connectivity index (χ4v) is 2.32. The van der Waals surface area contributed by atoms with E-state index in [2.05, 4.69) is 14.8 Å². The zero-order valence-corrected chi connectivity index (χ0v) is 10.0. The molecular formula is C13H15FN4. The van der Waals surface area contributed by atoms with Gasteiger partial charge in [0.1, 0.15) is 17.5 Å². The Morgan fingerprint density at radius 1 is 1.28 bits per heavy atom. The second-order valence-electron chi connectivity index (χ2n) is 4.75. The summed E-state index contributed by atoms with van der Waals surface area (Å²) in [6.45, 7) is 0.777. The summed E-state index contributed by atoms with van der Waals surface area (Å²) in [5.41, 5.74) is 7.00. The Morgan fingerprint density at radius 3 is 2.83 bits per heavy atom. The lowest BCUT2D eigenvalue weighted by Gasteiger charge is -2.20. The summed E-state index contributed by atoms with van der Waals surface area (Å²) in [7, 11) is 0. The molecule has 0 bridgehead atoms. The Kier molecular flexibility index (Phi) is 2.83. The fraction of sp³-hybridized carbons (Fsp3) is 0.385. The van der Waals surface area contributed by atoms with Gasteiger partial charge in [-0.3, -0.25) is 0 Å². The van der Waals surface area contributed by atoms with Gasteiger partial charge in [-0.25, -0.2) is 4.39 Å². The molecule has 0 radical (unpaired) electrons. The third kappa shape index (κ3) is 2.13. The molecule has 1 unspecified atom stereocenters. The van der Waals surface area contributed by atoms with Gasteiger partial charge in [-0.1, -0.05) is 12.1 Å². The Hall–Kier alpha value is -1.75. The summed E-state index contributed by atoms with van der Waals surface area (Å²) < 4.78 is 14.9. The molecule has 0 fully saturated rings. The number of aromatic nitrogens is 3. The molecule has 2 aromatic rings. The third-order valence-corrected chi connectivity index (χ3v) is 3.34. The van der Waals surface area contributed by atoms with Crippen molar-refractivity contribution in [2.24, 2.45) is 5.73 Å². The molecule has 0 spiro atoms. The van der Waals surface area contributed by atoms with Gasteiger partial charge in [-0.05, 0) is 24.1 Å². The summed E-state index contributed by atoms with van der Waals surface area (Å²) >= 11 is 0. The first-order chi connectivity index (χ1) is 8.72. The Balaban J connectivity index is 1.85. The first kappa shape index (κ1) is 11.3. The number of benzene rings is 1. The van der Waals surface area contributed by atoms with Crippen LogP contribution < -0.4 is 5.73 Å². The van der Waals surface area contributed by atoms with Gasteiger partial charge in [0.25, 0.3) is 0 Å². The van der Waals surface area contributed by atoms with Crippen molar-refractivity contribution in [2.45, 2.75) is 31.8 Å². The Labute approximate surface area is 105 Å². The summed E-state index contributed by atoms with van der Waals surface area (Å²) in [5, 5.41) is 8.40. The molecular weight excluding hydrogens is 231 g/mol. The van der Waals surface area contributed by atoms with Crippen LogP contribution in [0.1, 0.15) is 23.6 Å². The Bertz CT molecular complexity index is 547. The van der Waals surface area contributed by atoms with Gasteiger partial charge in [-0.2, -0.15) is 0 Å². The van der Waals surface area contributed by atoms with E-state index >= 15 is 0 Å². The van der Waals surface area contributed by atoms with E-state index in [0.717, 1.165) is 36.6 Å². The molecule has 3 rings (SSSR count). The molecule has 0 saturated carbocycles. The summed E-state index contributed by atoms with van der Waals surface area (Å²) in [6, 6.07) is 6.67. The van der Waals surface area contributed by atoms with Crippen LogP contribution in [0.4, 0.5) is 4.39 Å². The molecule has 1 aliphatic rings. The fourth-order valence-electron chi connectivity index (χ4n) is 2.32. The van der Waals surface area contributed by atoms with Gasteiger partial charge in [0.15, 0.2) is 0 Å². The van der Waals surface area contributed by atoms with E-state index in [-0.39, 0.29) is 11.9 Å². The second-order valence-corrected chi connectivity index (χ2v) is 4.75. The van der Waals surface area contributed by atoms with Crippen molar-refractivity contribution in [3.8, 4) is 0 Å². The molecule has 1 aromatic heterocycles. The van der Waals surface area contributed by atoms with Crippen LogP contribution in [0.15, 0.2) is 24.3 Å². The average molecular weight is 246 g/mol. The van der Waals surface area contributed by atoms with Gasteiger partial charge in [0, 0.05) is 25.4 Å². The van der Waals surface area contributed by atoms with Crippen LogP contribution in [-0.2, 0) is 19.4 Å². The van der Waals surface area contributed by atoms with Crippen molar-refractivity contribution in [1.29, 1.82) is 0 Å². The SMILES string of the molecule is NC1CCc2nnc(Cc3ccc(F)cc3)n2C1. The van der Waals surface area contributed by atoms with Crippen molar-refractivity contribution >= 4 is 0 Å². The summed E-state index contributed by atoms with van der Waals surface area (Å²) in [5.74, 6) is 1.70. The van der Waals surface area contributed by atoms with Gasteiger partial charge >= 0.3 is 0 Å². The van der Waals surface area contributed by atoms with E-state index in [4.69, 9.17) is 5.73 Å². The zero-order valence-electron chi connectivity index (χ0n) is 10.0. The topological polar surface area (TPSA) is 56.7 Å². The second kappa shape index (κ2) is 4.49. The van der Waals surface area contributed by atoms with Crippen LogP contribution in [0.25, 0.3) is 0 Å². The highest BCUT2D eigenvalue weighted by atomic mass is 19.1. The summed E-state index contributed by atoms with van der Waals surface area (Å²) in [6.07, 6.45) is 2.52. The zero-order chi connectivity index (χ0) is 12.5. The van der Waals surface area contributed by atoms with Gasteiger partial charge in [0.2, 0.25) is 0 Å². The average Bonchev–Trinajstić information content (AvgIpc) is 2.75. The lowest BCUT2D eigenvalue weighted by Crippen LogP contribution is -2.32. The molecule has 1 aliphatic heterocycles. The third-order valence-electron chi connectivity index (χ3n) is 3.34. The van der Waals surface area contributed by atoms with Crippen LogP contribution in [0.3, 0.4) is 0 Å².